The van der Waals surface area contributed by atoms with Crippen molar-refractivity contribution in [2.45, 2.75) is 44.3 Å². The van der Waals surface area contributed by atoms with E-state index in [9.17, 15) is 18.7 Å². The van der Waals surface area contributed by atoms with E-state index >= 15 is 0 Å². The number of rotatable bonds is 6. The van der Waals surface area contributed by atoms with E-state index in [1.54, 1.807) is 0 Å². The highest BCUT2D eigenvalue weighted by Gasteiger charge is 2.45. The minimum atomic E-state index is -5.20. The summed E-state index contributed by atoms with van der Waals surface area (Å²) in [5.74, 6) is 0. The van der Waals surface area contributed by atoms with Crippen LogP contribution >= 0.6 is 15.2 Å². The molecule has 0 spiro atoms. The van der Waals surface area contributed by atoms with E-state index in [4.69, 9.17) is 24.3 Å². The molecule has 1 atom stereocenters. The monoisotopic (exact) mass is 348 g/mol. The summed E-state index contributed by atoms with van der Waals surface area (Å²) in [5.41, 5.74) is -0.934. The Hall–Kier alpha value is -0.760. The molecule has 0 saturated heterocycles. The van der Waals surface area contributed by atoms with E-state index in [1.807, 2.05) is 0 Å². The molecule has 1 unspecified atom stereocenters. The molecule has 0 fully saturated rings. The maximum absolute atomic E-state index is 11.3. The van der Waals surface area contributed by atoms with Crippen LogP contribution in [0.15, 0.2) is 0 Å². The van der Waals surface area contributed by atoms with Gasteiger partial charge in [0.05, 0.1) is 0 Å². The highest BCUT2D eigenvalue weighted by Crippen LogP contribution is 2.61. The van der Waals surface area contributed by atoms with Gasteiger partial charge in [0, 0.05) is 6.42 Å². The van der Waals surface area contributed by atoms with Gasteiger partial charge >= 0.3 is 21.3 Å². The van der Waals surface area contributed by atoms with Crippen molar-refractivity contribution < 1.29 is 47.8 Å². The zero-order valence-electron chi connectivity index (χ0n) is 11.6. The summed E-state index contributed by atoms with van der Waals surface area (Å²) in [6, 6.07) is 0. The van der Waals surface area contributed by atoms with E-state index in [0.29, 0.717) is 0 Å². The average Bonchev–Trinajstić information content (AvgIpc) is 2.17. The number of carbonyl (C=O) groups is 2. The van der Waals surface area contributed by atoms with Crippen molar-refractivity contribution in [2.24, 2.45) is 0 Å². The van der Waals surface area contributed by atoms with E-state index in [1.165, 1.54) is 20.8 Å². The lowest BCUT2D eigenvalue weighted by Gasteiger charge is -2.24. The van der Waals surface area contributed by atoms with Crippen molar-refractivity contribution in [2.75, 3.05) is 0 Å². The fourth-order valence-electron chi connectivity index (χ4n) is 1.21. The van der Waals surface area contributed by atoms with E-state index in [-0.39, 0.29) is 6.29 Å². The Morgan fingerprint density at radius 1 is 1.14 bits per heavy atom. The van der Waals surface area contributed by atoms with Gasteiger partial charge in [-0.1, -0.05) is 0 Å². The summed E-state index contributed by atoms with van der Waals surface area (Å²) in [4.78, 5) is 57.7. The van der Waals surface area contributed by atoms with Crippen LogP contribution in [0.4, 0.5) is 4.79 Å². The summed E-state index contributed by atoms with van der Waals surface area (Å²) in [5, 5.41) is -2.44. The third-order valence-corrected chi connectivity index (χ3v) is 5.79. The second-order valence-corrected chi connectivity index (χ2v) is 9.16. The molecular formula is C9H18O10P2. The second kappa shape index (κ2) is 7.00. The Bertz CT molecular complexity index is 447. The molecular weight excluding hydrogens is 330 g/mol. The molecule has 21 heavy (non-hydrogen) atoms. The molecule has 0 aromatic rings. The molecule has 12 heteroatoms. The van der Waals surface area contributed by atoms with Crippen LogP contribution in [0.25, 0.3) is 0 Å². The van der Waals surface area contributed by atoms with Gasteiger partial charge in [-0.15, -0.1) is 0 Å². The molecule has 124 valence electrons. The topological polar surface area (TPSA) is 168 Å². The van der Waals surface area contributed by atoms with Crippen LogP contribution < -0.4 is 0 Å². The van der Waals surface area contributed by atoms with Gasteiger partial charge in [-0.25, -0.2) is 4.79 Å². The molecule has 0 amide bonds. The van der Waals surface area contributed by atoms with Gasteiger partial charge in [0.15, 0.2) is 17.8 Å². The zero-order chi connectivity index (χ0) is 17.1. The molecule has 0 saturated carbocycles. The molecule has 0 aromatic heterocycles. The predicted molar refractivity (Wildman–Crippen MR) is 69.7 cm³/mol. The number of ether oxygens (including phenoxy) is 2. The third kappa shape index (κ3) is 8.31. The number of carbonyl (C=O) groups excluding carboxylic acids is 2. The molecule has 0 bridgehead atoms. The highest BCUT2D eigenvalue weighted by molar-refractivity contribution is 7.70. The smallest absolute Gasteiger partial charge is 0.429 e. The van der Waals surface area contributed by atoms with Gasteiger partial charge in [-0.3, -0.25) is 13.9 Å². The van der Waals surface area contributed by atoms with Crippen LogP contribution in [-0.4, -0.2) is 49.1 Å². The van der Waals surface area contributed by atoms with Gasteiger partial charge < -0.3 is 29.0 Å². The molecule has 0 heterocycles. The van der Waals surface area contributed by atoms with Gasteiger partial charge in [0.2, 0.25) is 0 Å². The second-order valence-electron chi connectivity index (χ2n) is 5.15. The van der Waals surface area contributed by atoms with E-state index < -0.39 is 44.9 Å². The van der Waals surface area contributed by atoms with Gasteiger partial charge in [0.1, 0.15) is 5.60 Å². The Labute approximate surface area is 120 Å². The summed E-state index contributed by atoms with van der Waals surface area (Å²) in [6.07, 6.45) is -4.08. The van der Waals surface area contributed by atoms with Crippen molar-refractivity contribution >= 4 is 27.6 Å². The standard InChI is InChI=1S/C9H18O10P2/c1-9(2,3)19-8(11)18-6(5-10)4-7(20(12,13)14)21(15,16)17/h5-7H,4H2,1-3H3,(H2,12,13,14)(H2,15,16,17). The summed E-state index contributed by atoms with van der Waals surface area (Å²) in [6.45, 7) is 4.54. The van der Waals surface area contributed by atoms with Crippen LogP contribution in [0.2, 0.25) is 0 Å². The van der Waals surface area contributed by atoms with Crippen LogP contribution in [0.5, 0.6) is 0 Å². The molecule has 0 radical (unpaired) electrons. The lowest BCUT2D eigenvalue weighted by molar-refractivity contribution is -0.118. The average molecular weight is 348 g/mol. The Morgan fingerprint density at radius 2 is 1.57 bits per heavy atom. The normalized spacial score (nSPS) is 14.7. The van der Waals surface area contributed by atoms with Crippen molar-refractivity contribution in [1.82, 2.24) is 0 Å². The zero-order valence-corrected chi connectivity index (χ0v) is 13.4. The quantitative estimate of drug-likeness (QED) is 0.302. The minimum Gasteiger partial charge on any atom is -0.429 e. The van der Waals surface area contributed by atoms with Crippen molar-refractivity contribution in [3.05, 3.63) is 0 Å². The maximum Gasteiger partial charge on any atom is 0.509 e. The van der Waals surface area contributed by atoms with Crippen molar-refractivity contribution in [3.63, 3.8) is 0 Å². The molecule has 0 aliphatic heterocycles. The predicted octanol–water partition coefficient (Wildman–Crippen LogP) is 0.577. The summed E-state index contributed by atoms with van der Waals surface area (Å²) in [7, 11) is -10.4. The van der Waals surface area contributed by atoms with Gasteiger partial charge in [0.25, 0.3) is 0 Å². The van der Waals surface area contributed by atoms with Crippen LogP contribution in [0, 0.1) is 0 Å². The van der Waals surface area contributed by atoms with Crippen molar-refractivity contribution in [3.8, 4) is 0 Å². The lowest BCUT2D eigenvalue weighted by Crippen LogP contribution is -2.30. The molecule has 0 aliphatic rings. The fraction of sp³-hybridized carbons (Fsp3) is 0.778. The SMILES string of the molecule is CC(C)(C)OC(=O)OC(C=O)CC(P(=O)(O)O)P(=O)(O)O. The van der Waals surface area contributed by atoms with Gasteiger partial charge in [-0.2, -0.15) is 0 Å². The number of aldehydes is 1. The minimum absolute atomic E-state index is 0.00222. The first-order chi connectivity index (χ1) is 9.16. The third-order valence-electron chi connectivity index (χ3n) is 2.01. The Morgan fingerprint density at radius 3 is 1.86 bits per heavy atom. The molecule has 0 rings (SSSR count). The molecule has 0 aromatic carbocycles. The Kier molecular flexibility index (Phi) is 6.75. The summed E-state index contributed by atoms with van der Waals surface area (Å²) < 4.78 is 31.3. The first-order valence-electron chi connectivity index (χ1n) is 5.62. The van der Waals surface area contributed by atoms with E-state index in [0.717, 1.165) is 0 Å². The molecule has 4 N–H and O–H groups in total. The van der Waals surface area contributed by atoms with Gasteiger partial charge in [-0.05, 0) is 20.8 Å². The summed E-state index contributed by atoms with van der Waals surface area (Å²) >= 11 is 0. The van der Waals surface area contributed by atoms with Crippen LogP contribution in [0.1, 0.15) is 27.2 Å². The Balaban J connectivity index is 4.98. The first kappa shape index (κ1) is 20.2. The molecule has 0 aliphatic carbocycles. The van der Waals surface area contributed by atoms with Crippen molar-refractivity contribution in [1.29, 1.82) is 0 Å². The van der Waals surface area contributed by atoms with Crippen LogP contribution in [-0.2, 0) is 23.4 Å². The lowest BCUT2D eigenvalue weighted by atomic mass is 10.2. The number of hydrogen-bond acceptors (Lipinski definition) is 6. The largest absolute Gasteiger partial charge is 0.509 e. The maximum atomic E-state index is 11.3. The highest BCUT2D eigenvalue weighted by atomic mass is 31.2. The van der Waals surface area contributed by atoms with E-state index in [2.05, 4.69) is 4.74 Å². The first-order valence-corrected chi connectivity index (χ1v) is 8.98. The van der Waals surface area contributed by atoms with Crippen LogP contribution in [0.3, 0.4) is 0 Å². The number of hydrogen-bond donors (Lipinski definition) is 4. The fourth-order valence-corrected chi connectivity index (χ4v) is 3.74. The molecule has 10 nitrogen and oxygen atoms in total.